The van der Waals surface area contributed by atoms with Gasteiger partial charge in [-0.1, -0.05) is 39.0 Å². The average molecular weight is 596 g/mol. The maximum absolute atomic E-state index is 5.90. The van der Waals surface area contributed by atoms with Crippen molar-refractivity contribution >= 4 is 16.5 Å². The summed E-state index contributed by atoms with van der Waals surface area (Å²) in [4.78, 5) is 2.50. The second kappa shape index (κ2) is 14.6. The van der Waals surface area contributed by atoms with Gasteiger partial charge in [0, 0.05) is 31.6 Å². The van der Waals surface area contributed by atoms with Crippen LogP contribution in [0.15, 0.2) is 30.5 Å². The topological polar surface area (TPSA) is 56.1 Å². The zero-order valence-electron chi connectivity index (χ0n) is 25.3. The number of fused-ring (bicyclic) bond motifs is 5. The first-order chi connectivity index (χ1) is 20.3. The summed E-state index contributed by atoms with van der Waals surface area (Å²) in [5.74, 6) is 2.65. The Balaban J connectivity index is 0.00000353. The number of hydrogen-bond donors (Lipinski definition) is 1. The molecule has 0 amide bonds. The van der Waals surface area contributed by atoms with Crippen LogP contribution in [0.25, 0.3) is 22.0 Å². The molecule has 2 aromatic carbocycles. The number of nitrogens with zero attached hydrogens (tertiary/aromatic N) is 2. The first kappa shape index (κ1) is 30.7. The number of morpholine rings is 1. The first-order valence-corrected chi connectivity index (χ1v) is 15.8. The molecule has 3 aromatic rings. The van der Waals surface area contributed by atoms with E-state index in [4.69, 9.17) is 18.9 Å². The summed E-state index contributed by atoms with van der Waals surface area (Å²) in [7, 11) is 1.78. The van der Waals surface area contributed by atoms with Gasteiger partial charge in [0.05, 0.1) is 37.0 Å². The van der Waals surface area contributed by atoms with Crippen LogP contribution in [0.5, 0.6) is 17.2 Å². The molecule has 0 aliphatic carbocycles. The molecule has 1 N–H and O–H groups in total. The number of aryl methyl sites for hydroxylation is 3. The summed E-state index contributed by atoms with van der Waals surface area (Å²) in [6.45, 7) is 9.30. The number of aromatic nitrogens is 1. The lowest BCUT2D eigenvalue weighted by Crippen LogP contribution is -3.00. The van der Waals surface area contributed by atoms with E-state index in [1.165, 1.54) is 71.7 Å². The predicted octanol–water partition coefficient (Wildman–Crippen LogP) is 3.13. The van der Waals surface area contributed by atoms with Crippen molar-refractivity contribution in [3.8, 4) is 28.5 Å². The normalized spacial score (nSPS) is 15.7. The Hall–Kier alpha value is -2.74. The van der Waals surface area contributed by atoms with Crippen LogP contribution in [0.3, 0.4) is 0 Å². The van der Waals surface area contributed by atoms with Gasteiger partial charge in [-0.2, -0.15) is 4.57 Å². The van der Waals surface area contributed by atoms with Gasteiger partial charge >= 0.3 is 0 Å². The van der Waals surface area contributed by atoms with E-state index in [1.54, 1.807) is 7.11 Å². The highest BCUT2D eigenvalue weighted by Crippen LogP contribution is 2.43. The highest BCUT2D eigenvalue weighted by atomic mass is 35.5. The number of unbranched alkanes of at least 4 members (excludes halogenated alkanes) is 5. The summed E-state index contributed by atoms with van der Waals surface area (Å²) in [5, 5.41) is 6.37. The Morgan fingerprint density at radius 2 is 1.74 bits per heavy atom. The van der Waals surface area contributed by atoms with Crippen LogP contribution in [0.2, 0.25) is 0 Å². The van der Waals surface area contributed by atoms with Crippen LogP contribution in [-0.4, -0.2) is 58.2 Å². The molecule has 0 spiro atoms. The smallest absolute Gasteiger partial charge is 0.231 e. The number of halogens is 1. The summed E-state index contributed by atoms with van der Waals surface area (Å²) in [6.07, 6.45) is 13.2. The van der Waals surface area contributed by atoms with Crippen molar-refractivity contribution in [2.45, 2.75) is 71.3 Å². The number of methoxy groups -OCH3 is 1. The van der Waals surface area contributed by atoms with E-state index in [0.29, 0.717) is 6.79 Å². The van der Waals surface area contributed by atoms with Gasteiger partial charge in [0.25, 0.3) is 0 Å². The Morgan fingerprint density at radius 3 is 2.55 bits per heavy atom. The SMILES string of the molecule is CCCCCCCCc1c2[n+](cc3c(NCCCN4CCOCC4)c(OC)ccc13)CCc1cc3c(cc1-2)OCO3.[Cl-]. The fourth-order valence-electron chi connectivity index (χ4n) is 6.69. The number of ether oxygens (including phenoxy) is 4. The molecular weight excluding hydrogens is 550 g/mol. The van der Waals surface area contributed by atoms with E-state index in [2.05, 4.69) is 52.2 Å². The fourth-order valence-corrected chi connectivity index (χ4v) is 6.69. The molecule has 1 aromatic heterocycles. The third-order valence-electron chi connectivity index (χ3n) is 8.92. The number of benzene rings is 2. The molecule has 228 valence electrons. The first-order valence-electron chi connectivity index (χ1n) is 15.8. The third-order valence-corrected chi connectivity index (χ3v) is 8.92. The van der Waals surface area contributed by atoms with Crippen LogP contribution in [0.1, 0.15) is 63.0 Å². The van der Waals surface area contributed by atoms with Crippen molar-refractivity contribution < 1.29 is 35.9 Å². The van der Waals surface area contributed by atoms with Crippen LogP contribution >= 0.6 is 0 Å². The fraction of sp³-hybridized carbons (Fsp3) is 0.559. The van der Waals surface area contributed by atoms with E-state index >= 15 is 0 Å². The second-order valence-corrected chi connectivity index (χ2v) is 11.6. The molecule has 42 heavy (non-hydrogen) atoms. The van der Waals surface area contributed by atoms with E-state index in [9.17, 15) is 0 Å². The summed E-state index contributed by atoms with van der Waals surface area (Å²) in [6, 6.07) is 8.85. The van der Waals surface area contributed by atoms with Crippen molar-refractivity contribution in [3.05, 3.63) is 41.6 Å². The van der Waals surface area contributed by atoms with Crippen LogP contribution in [-0.2, 0) is 24.1 Å². The quantitative estimate of drug-likeness (QED) is 0.242. The minimum Gasteiger partial charge on any atom is -1.00 e. The number of nitrogens with one attached hydrogen (secondary N) is 1. The molecule has 0 bridgehead atoms. The minimum atomic E-state index is 0. The predicted molar refractivity (Wildman–Crippen MR) is 163 cm³/mol. The standard InChI is InChI=1S/C34H45N3O4.ClH/c1-3-4-5-6-7-8-10-27-26-11-12-30(38-2)33(35-14-9-15-36-17-19-39-20-18-36)29(26)23-37-16-13-25-21-31-32(41-24-40-31)22-28(25)34(27)37;/h11-12,21-23H,3-10,13-20,24H2,1-2H3;1H. The number of anilines is 1. The minimum absolute atomic E-state index is 0. The number of pyridine rings is 1. The largest absolute Gasteiger partial charge is 1.00 e. The van der Waals surface area contributed by atoms with Gasteiger partial charge in [-0.25, -0.2) is 0 Å². The molecule has 4 heterocycles. The molecule has 7 nitrogen and oxygen atoms in total. The monoisotopic (exact) mass is 595 g/mol. The molecule has 0 radical (unpaired) electrons. The lowest BCUT2D eigenvalue weighted by molar-refractivity contribution is -0.686. The van der Waals surface area contributed by atoms with Crippen LogP contribution in [0.4, 0.5) is 5.69 Å². The van der Waals surface area contributed by atoms with Crippen molar-refractivity contribution in [2.75, 3.05) is 58.6 Å². The van der Waals surface area contributed by atoms with Gasteiger partial charge in [0.15, 0.2) is 24.2 Å². The molecule has 0 atom stereocenters. The molecule has 0 unspecified atom stereocenters. The summed E-state index contributed by atoms with van der Waals surface area (Å²) < 4.78 is 25.5. The second-order valence-electron chi connectivity index (χ2n) is 11.6. The molecule has 1 saturated heterocycles. The zero-order chi connectivity index (χ0) is 28.0. The lowest BCUT2D eigenvalue weighted by atomic mass is 9.89. The Bertz CT molecular complexity index is 1360. The lowest BCUT2D eigenvalue weighted by Gasteiger charge is -2.26. The van der Waals surface area contributed by atoms with Crippen LogP contribution < -0.4 is 36.5 Å². The Labute approximate surface area is 256 Å². The molecular formula is C34H46ClN3O4. The van der Waals surface area contributed by atoms with Gasteiger partial charge < -0.3 is 36.7 Å². The molecule has 3 aliphatic heterocycles. The highest BCUT2D eigenvalue weighted by Gasteiger charge is 2.32. The summed E-state index contributed by atoms with van der Waals surface area (Å²) in [5.41, 5.74) is 6.54. The molecule has 6 rings (SSSR count). The number of hydrogen-bond acceptors (Lipinski definition) is 6. The van der Waals surface area contributed by atoms with E-state index in [-0.39, 0.29) is 12.4 Å². The van der Waals surface area contributed by atoms with Crippen LogP contribution in [0, 0.1) is 0 Å². The molecule has 0 saturated carbocycles. The van der Waals surface area contributed by atoms with Gasteiger partial charge in [-0.15, -0.1) is 0 Å². The maximum Gasteiger partial charge on any atom is 0.231 e. The van der Waals surface area contributed by atoms with E-state index in [1.807, 2.05) is 0 Å². The third kappa shape index (κ3) is 6.58. The van der Waals surface area contributed by atoms with Crippen molar-refractivity contribution in [1.82, 2.24) is 4.90 Å². The van der Waals surface area contributed by atoms with E-state index < -0.39 is 0 Å². The van der Waals surface area contributed by atoms with Crippen molar-refractivity contribution in [3.63, 3.8) is 0 Å². The van der Waals surface area contributed by atoms with Crippen molar-refractivity contribution in [2.24, 2.45) is 0 Å². The number of rotatable bonds is 13. The zero-order valence-corrected chi connectivity index (χ0v) is 26.1. The van der Waals surface area contributed by atoms with Gasteiger partial charge in [-0.3, -0.25) is 4.90 Å². The van der Waals surface area contributed by atoms with E-state index in [0.717, 1.165) is 88.1 Å². The maximum atomic E-state index is 5.90. The Morgan fingerprint density at radius 1 is 0.952 bits per heavy atom. The van der Waals surface area contributed by atoms with Gasteiger partial charge in [0.1, 0.15) is 5.75 Å². The summed E-state index contributed by atoms with van der Waals surface area (Å²) >= 11 is 0. The Kier molecular flexibility index (Phi) is 10.7. The highest BCUT2D eigenvalue weighted by molar-refractivity contribution is 6.00. The molecule has 8 heteroatoms. The van der Waals surface area contributed by atoms with Gasteiger partial charge in [0.2, 0.25) is 12.5 Å². The van der Waals surface area contributed by atoms with Gasteiger partial charge in [-0.05, 0) is 61.0 Å². The molecule has 3 aliphatic rings. The molecule has 1 fully saturated rings. The average Bonchev–Trinajstić information content (AvgIpc) is 3.47. The van der Waals surface area contributed by atoms with Crippen molar-refractivity contribution in [1.29, 1.82) is 0 Å².